The van der Waals surface area contributed by atoms with Crippen LogP contribution in [-0.4, -0.2) is 42.1 Å². The molecule has 0 aromatic carbocycles. The van der Waals surface area contributed by atoms with Crippen LogP contribution in [0.2, 0.25) is 0 Å². The number of nitrogens with one attached hydrogen (secondary N) is 1. The fraction of sp³-hybridized carbons (Fsp3) is 0.706. The molecule has 1 aromatic rings. The van der Waals surface area contributed by atoms with Crippen molar-refractivity contribution in [1.29, 1.82) is 0 Å². The summed E-state index contributed by atoms with van der Waals surface area (Å²) in [6, 6.07) is 2.03. The molecule has 6 nitrogen and oxygen atoms in total. The normalized spacial score (nSPS) is 19.8. The monoisotopic (exact) mass is 318 g/mol. The van der Waals surface area contributed by atoms with E-state index in [1.807, 2.05) is 0 Å². The van der Waals surface area contributed by atoms with Gasteiger partial charge in [-0.15, -0.1) is 0 Å². The molecule has 1 amide bonds. The number of ether oxygens (including phenoxy) is 1. The van der Waals surface area contributed by atoms with Crippen molar-refractivity contribution in [2.75, 3.05) is 25.1 Å². The molecule has 0 unspecified atom stereocenters. The molecule has 0 bridgehead atoms. The number of piperidine rings is 1. The first-order valence-corrected chi connectivity index (χ1v) is 8.66. The van der Waals surface area contributed by atoms with Gasteiger partial charge in [-0.05, 0) is 31.6 Å². The maximum Gasteiger partial charge on any atom is 0.228 e. The maximum absolute atomic E-state index is 12.1. The van der Waals surface area contributed by atoms with Gasteiger partial charge in [0.1, 0.15) is 0 Å². The molecule has 2 heterocycles. The van der Waals surface area contributed by atoms with E-state index in [-0.39, 0.29) is 11.9 Å². The first kappa shape index (κ1) is 16.0. The van der Waals surface area contributed by atoms with Gasteiger partial charge in [0, 0.05) is 37.8 Å². The minimum Gasteiger partial charge on any atom is -0.481 e. The maximum atomic E-state index is 12.1. The molecular weight excluding hydrogens is 292 g/mol. The van der Waals surface area contributed by atoms with Gasteiger partial charge in [-0.25, -0.2) is 4.98 Å². The highest BCUT2D eigenvalue weighted by Crippen LogP contribution is 2.27. The van der Waals surface area contributed by atoms with Crippen LogP contribution in [-0.2, 0) is 4.79 Å². The van der Waals surface area contributed by atoms with Crippen molar-refractivity contribution in [1.82, 2.24) is 15.3 Å². The van der Waals surface area contributed by atoms with Crippen LogP contribution in [0.5, 0.6) is 5.88 Å². The summed E-state index contributed by atoms with van der Waals surface area (Å²) < 4.78 is 5.15. The Hall–Kier alpha value is -1.85. The van der Waals surface area contributed by atoms with Gasteiger partial charge >= 0.3 is 0 Å². The molecule has 2 fully saturated rings. The van der Waals surface area contributed by atoms with Crippen molar-refractivity contribution in [2.45, 2.75) is 51.0 Å². The largest absolute Gasteiger partial charge is 0.481 e. The van der Waals surface area contributed by atoms with Crippen molar-refractivity contribution in [3.63, 3.8) is 0 Å². The average Bonchev–Trinajstić information content (AvgIpc) is 3.08. The second-order valence-corrected chi connectivity index (χ2v) is 6.58. The molecule has 0 atom stereocenters. The fourth-order valence-electron chi connectivity index (χ4n) is 3.59. The highest BCUT2D eigenvalue weighted by molar-refractivity contribution is 5.76. The quantitative estimate of drug-likeness (QED) is 0.901. The Balaban J connectivity index is 1.45. The van der Waals surface area contributed by atoms with Crippen LogP contribution >= 0.6 is 0 Å². The summed E-state index contributed by atoms with van der Waals surface area (Å²) in [5, 5.41) is 3.21. The molecule has 0 radical (unpaired) electrons. The molecular formula is C17H26N4O2. The summed E-state index contributed by atoms with van der Waals surface area (Å²) in [5.41, 5.74) is 0. The fourth-order valence-corrected chi connectivity index (χ4v) is 3.59. The average molecular weight is 318 g/mol. The van der Waals surface area contributed by atoms with E-state index in [0.29, 0.717) is 24.2 Å². The Labute approximate surface area is 137 Å². The van der Waals surface area contributed by atoms with Crippen LogP contribution in [0, 0.1) is 5.92 Å². The summed E-state index contributed by atoms with van der Waals surface area (Å²) in [5.74, 6) is 2.13. The van der Waals surface area contributed by atoms with Crippen molar-refractivity contribution < 1.29 is 9.53 Å². The highest BCUT2D eigenvalue weighted by Gasteiger charge is 2.24. The Morgan fingerprint density at radius 3 is 2.74 bits per heavy atom. The number of hydrogen-bond acceptors (Lipinski definition) is 5. The predicted molar refractivity (Wildman–Crippen MR) is 88.5 cm³/mol. The predicted octanol–water partition coefficient (Wildman–Crippen LogP) is 2.15. The lowest BCUT2D eigenvalue weighted by atomic mass is 10.0. The van der Waals surface area contributed by atoms with E-state index >= 15 is 0 Å². The molecule has 23 heavy (non-hydrogen) atoms. The zero-order chi connectivity index (χ0) is 16.1. The van der Waals surface area contributed by atoms with Gasteiger partial charge in [-0.3, -0.25) is 4.79 Å². The number of carbonyl (C=O) groups excluding carboxylic acids is 1. The Bertz CT molecular complexity index is 523. The summed E-state index contributed by atoms with van der Waals surface area (Å²) in [6.07, 6.45) is 9.33. The van der Waals surface area contributed by atoms with E-state index in [1.165, 1.54) is 25.7 Å². The Morgan fingerprint density at radius 2 is 2.04 bits per heavy atom. The number of anilines is 1. The summed E-state index contributed by atoms with van der Waals surface area (Å²) in [7, 11) is 1.61. The number of amides is 1. The van der Waals surface area contributed by atoms with E-state index < -0.39 is 0 Å². The molecule has 1 saturated heterocycles. The van der Waals surface area contributed by atoms with Crippen molar-refractivity contribution in [3.8, 4) is 5.88 Å². The molecule has 3 rings (SSSR count). The van der Waals surface area contributed by atoms with Crippen LogP contribution in [0.1, 0.15) is 44.9 Å². The Morgan fingerprint density at radius 1 is 1.30 bits per heavy atom. The topological polar surface area (TPSA) is 67.3 Å². The molecule has 0 spiro atoms. The van der Waals surface area contributed by atoms with E-state index in [4.69, 9.17) is 4.74 Å². The lowest BCUT2D eigenvalue weighted by Gasteiger charge is -2.32. The summed E-state index contributed by atoms with van der Waals surface area (Å²) in [4.78, 5) is 23.0. The first-order chi connectivity index (χ1) is 11.2. The zero-order valence-electron chi connectivity index (χ0n) is 13.8. The number of aromatic nitrogens is 2. The molecule has 1 aliphatic carbocycles. The number of carbonyl (C=O) groups is 1. The van der Waals surface area contributed by atoms with Crippen LogP contribution < -0.4 is 15.0 Å². The van der Waals surface area contributed by atoms with Gasteiger partial charge in [0.05, 0.1) is 7.11 Å². The first-order valence-electron chi connectivity index (χ1n) is 8.66. The van der Waals surface area contributed by atoms with Gasteiger partial charge in [0.2, 0.25) is 17.7 Å². The van der Waals surface area contributed by atoms with Gasteiger partial charge in [-0.2, -0.15) is 4.98 Å². The lowest BCUT2D eigenvalue weighted by molar-refractivity contribution is -0.122. The van der Waals surface area contributed by atoms with Crippen LogP contribution in [0.4, 0.5) is 5.95 Å². The summed E-state index contributed by atoms with van der Waals surface area (Å²) >= 11 is 0. The molecule has 126 valence electrons. The SMILES string of the molecule is COc1ccnc(N2CCC(NC(=O)CC3CCCC3)CC2)n1. The highest BCUT2D eigenvalue weighted by atomic mass is 16.5. The van der Waals surface area contributed by atoms with E-state index in [0.717, 1.165) is 25.9 Å². The van der Waals surface area contributed by atoms with E-state index in [2.05, 4.69) is 20.2 Å². The Kier molecular flexibility index (Phi) is 5.31. The van der Waals surface area contributed by atoms with E-state index in [1.54, 1.807) is 19.4 Å². The molecule has 1 saturated carbocycles. The minimum atomic E-state index is 0.230. The number of hydrogen-bond donors (Lipinski definition) is 1. The second-order valence-electron chi connectivity index (χ2n) is 6.58. The molecule has 1 aromatic heterocycles. The zero-order valence-corrected chi connectivity index (χ0v) is 13.8. The van der Waals surface area contributed by atoms with Crippen molar-refractivity contribution >= 4 is 11.9 Å². The lowest BCUT2D eigenvalue weighted by Crippen LogP contribution is -2.45. The number of nitrogens with zero attached hydrogens (tertiary/aromatic N) is 3. The third kappa shape index (κ3) is 4.33. The third-order valence-corrected chi connectivity index (χ3v) is 4.92. The van der Waals surface area contributed by atoms with Gasteiger partial charge in [0.25, 0.3) is 0 Å². The summed E-state index contributed by atoms with van der Waals surface area (Å²) in [6.45, 7) is 1.73. The van der Waals surface area contributed by atoms with Gasteiger partial charge < -0.3 is 15.0 Å². The number of methoxy groups -OCH3 is 1. The van der Waals surface area contributed by atoms with Crippen molar-refractivity contribution in [2.24, 2.45) is 5.92 Å². The molecule has 2 aliphatic rings. The van der Waals surface area contributed by atoms with Crippen LogP contribution in [0.25, 0.3) is 0 Å². The second kappa shape index (κ2) is 7.62. The molecule has 1 aliphatic heterocycles. The van der Waals surface area contributed by atoms with Gasteiger partial charge in [-0.1, -0.05) is 12.8 Å². The van der Waals surface area contributed by atoms with Gasteiger partial charge in [0.15, 0.2) is 0 Å². The minimum absolute atomic E-state index is 0.230. The molecule has 1 N–H and O–H groups in total. The standard InChI is InChI=1S/C17H26N4O2/c1-23-16-6-9-18-17(20-16)21-10-7-14(8-11-21)19-15(22)12-13-4-2-3-5-13/h6,9,13-14H,2-5,7-8,10-12H2,1H3,(H,19,22). The molecule has 6 heteroatoms. The van der Waals surface area contributed by atoms with Crippen LogP contribution in [0.3, 0.4) is 0 Å². The van der Waals surface area contributed by atoms with Crippen LogP contribution in [0.15, 0.2) is 12.3 Å². The number of rotatable bonds is 5. The smallest absolute Gasteiger partial charge is 0.228 e. The van der Waals surface area contributed by atoms with Crippen molar-refractivity contribution in [3.05, 3.63) is 12.3 Å². The van der Waals surface area contributed by atoms with E-state index in [9.17, 15) is 4.79 Å². The third-order valence-electron chi connectivity index (χ3n) is 4.92.